The summed E-state index contributed by atoms with van der Waals surface area (Å²) in [6.07, 6.45) is 4.25. The Morgan fingerprint density at radius 1 is 1.32 bits per heavy atom. The number of hydrogen-bond acceptors (Lipinski definition) is 4. The van der Waals surface area contributed by atoms with Gasteiger partial charge in [0.05, 0.1) is 0 Å². The Kier molecular flexibility index (Phi) is 5.01. The van der Waals surface area contributed by atoms with E-state index in [0.717, 1.165) is 43.3 Å². The number of aryl methyl sites for hydroxylation is 1. The molecule has 0 bridgehead atoms. The molecule has 1 aliphatic carbocycles. The SMILES string of the molecule is Cc1ccccc1OCC(O)CNC1(C2CC2)CCOCC1. The molecule has 2 N–H and O–H groups in total. The molecule has 0 aromatic heterocycles. The Balaban J connectivity index is 1.47. The highest BCUT2D eigenvalue weighted by molar-refractivity contribution is 5.31. The Hall–Kier alpha value is -1.10. The Morgan fingerprint density at radius 2 is 2.05 bits per heavy atom. The molecule has 3 rings (SSSR count). The quantitative estimate of drug-likeness (QED) is 0.811. The van der Waals surface area contributed by atoms with Crippen LogP contribution >= 0.6 is 0 Å². The summed E-state index contributed by atoms with van der Waals surface area (Å²) in [5.41, 5.74) is 1.28. The Labute approximate surface area is 132 Å². The van der Waals surface area contributed by atoms with Gasteiger partial charge >= 0.3 is 0 Å². The smallest absolute Gasteiger partial charge is 0.122 e. The van der Waals surface area contributed by atoms with Crippen molar-refractivity contribution in [1.29, 1.82) is 0 Å². The minimum absolute atomic E-state index is 0.182. The number of rotatable bonds is 7. The lowest BCUT2D eigenvalue weighted by molar-refractivity contribution is 0.0184. The van der Waals surface area contributed by atoms with Crippen LogP contribution in [0.5, 0.6) is 5.75 Å². The third-order valence-corrected chi connectivity index (χ3v) is 4.96. The molecule has 1 heterocycles. The number of nitrogens with one attached hydrogen (secondary N) is 1. The van der Waals surface area contributed by atoms with Crippen molar-refractivity contribution in [2.45, 2.75) is 44.2 Å². The lowest BCUT2D eigenvalue weighted by Crippen LogP contribution is -2.53. The van der Waals surface area contributed by atoms with Crippen LogP contribution in [0.25, 0.3) is 0 Å². The first-order valence-electron chi connectivity index (χ1n) is 8.39. The van der Waals surface area contributed by atoms with Crippen molar-refractivity contribution in [2.75, 3.05) is 26.4 Å². The van der Waals surface area contributed by atoms with Gasteiger partial charge in [0.15, 0.2) is 0 Å². The highest BCUT2D eigenvalue weighted by Crippen LogP contribution is 2.44. The normalized spacial score (nSPS) is 22.3. The second-order valence-corrected chi connectivity index (χ2v) is 6.65. The van der Waals surface area contributed by atoms with Crippen LogP contribution in [0.4, 0.5) is 0 Å². The second-order valence-electron chi connectivity index (χ2n) is 6.65. The second kappa shape index (κ2) is 6.99. The van der Waals surface area contributed by atoms with Gasteiger partial charge in [-0.05, 0) is 50.2 Å². The molecule has 0 spiro atoms. The monoisotopic (exact) mass is 305 g/mol. The molecular weight excluding hydrogens is 278 g/mol. The highest BCUT2D eigenvalue weighted by atomic mass is 16.5. The van der Waals surface area contributed by atoms with Crippen molar-refractivity contribution in [2.24, 2.45) is 5.92 Å². The molecule has 2 fully saturated rings. The van der Waals surface area contributed by atoms with Gasteiger partial charge in [0.2, 0.25) is 0 Å². The van der Waals surface area contributed by atoms with Gasteiger partial charge < -0.3 is 19.9 Å². The van der Waals surface area contributed by atoms with Gasteiger partial charge in [0.25, 0.3) is 0 Å². The van der Waals surface area contributed by atoms with Crippen molar-refractivity contribution in [3.63, 3.8) is 0 Å². The van der Waals surface area contributed by atoms with E-state index in [1.807, 2.05) is 31.2 Å². The van der Waals surface area contributed by atoms with Crippen molar-refractivity contribution >= 4 is 0 Å². The summed E-state index contributed by atoms with van der Waals surface area (Å²) < 4.78 is 11.2. The Bertz CT molecular complexity index is 481. The first kappa shape index (κ1) is 15.8. The summed E-state index contributed by atoms with van der Waals surface area (Å²) in [6, 6.07) is 7.91. The topological polar surface area (TPSA) is 50.7 Å². The molecule has 1 aliphatic heterocycles. The summed E-state index contributed by atoms with van der Waals surface area (Å²) in [5.74, 6) is 1.62. The van der Waals surface area contributed by atoms with E-state index in [1.165, 1.54) is 12.8 Å². The minimum atomic E-state index is -0.488. The van der Waals surface area contributed by atoms with Gasteiger partial charge in [0, 0.05) is 25.3 Å². The fourth-order valence-electron chi connectivity index (χ4n) is 3.39. The van der Waals surface area contributed by atoms with Crippen molar-refractivity contribution < 1.29 is 14.6 Å². The molecule has 1 atom stereocenters. The third-order valence-electron chi connectivity index (χ3n) is 4.96. The molecular formula is C18H27NO3. The summed E-state index contributed by atoms with van der Waals surface area (Å²) in [7, 11) is 0. The number of hydrogen-bond donors (Lipinski definition) is 2. The minimum Gasteiger partial charge on any atom is -0.491 e. The molecule has 1 saturated heterocycles. The molecule has 0 amide bonds. The molecule has 122 valence electrons. The van der Waals surface area contributed by atoms with E-state index >= 15 is 0 Å². The van der Waals surface area contributed by atoms with Gasteiger partial charge in [-0.15, -0.1) is 0 Å². The number of benzene rings is 1. The first-order chi connectivity index (χ1) is 10.7. The molecule has 1 aromatic carbocycles. The molecule has 22 heavy (non-hydrogen) atoms. The molecule has 1 unspecified atom stereocenters. The van der Waals surface area contributed by atoms with Crippen LogP contribution in [0.15, 0.2) is 24.3 Å². The molecule has 1 saturated carbocycles. The van der Waals surface area contributed by atoms with E-state index in [-0.39, 0.29) is 5.54 Å². The van der Waals surface area contributed by atoms with Gasteiger partial charge in [-0.25, -0.2) is 0 Å². The molecule has 4 nitrogen and oxygen atoms in total. The Morgan fingerprint density at radius 3 is 2.73 bits per heavy atom. The van der Waals surface area contributed by atoms with E-state index in [1.54, 1.807) is 0 Å². The van der Waals surface area contributed by atoms with E-state index < -0.39 is 6.10 Å². The van der Waals surface area contributed by atoms with E-state index in [2.05, 4.69) is 5.32 Å². The van der Waals surface area contributed by atoms with Crippen molar-refractivity contribution in [1.82, 2.24) is 5.32 Å². The summed E-state index contributed by atoms with van der Waals surface area (Å²) >= 11 is 0. The summed E-state index contributed by atoms with van der Waals surface area (Å²) in [4.78, 5) is 0. The maximum absolute atomic E-state index is 10.2. The third kappa shape index (κ3) is 3.80. The lowest BCUT2D eigenvalue weighted by atomic mass is 9.84. The van der Waals surface area contributed by atoms with Crippen molar-refractivity contribution in [3.8, 4) is 5.75 Å². The largest absolute Gasteiger partial charge is 0.491 e. The van der Waals surface area contributed by atoms with Crippen LogP contribution in [-0.2, 0) is 4.74 Å². The zero-order valence-electron chi connectivity index (χ0n) is 13.4. The maximum atomic E-state index is 10.2. The molecule has 1 aromatic rings. The van der Waals surface area contributed by atoms with E-state index in [0.29, 0.717) is 13.2 Å². The summed E-state index contributed by atoms with van der Waals surface area (Å²) in [5, 5.41) is 13.9. The summed E-state index contributed by atoms with van der Waals surface area (Å²) in [6.45, 7) is 4.60. The van der Waals surface area contributed by atoms with E-state index in [9.17, 15) is 5.11 Å². The average Bonchev–Trinajstić information content (AvgIpc) is 3.38. The molecule has 2 aliphatic rings. The van der Waals surface area contributed by atoms with Crippen LogP contribution < -0.4 is 10.1 Å². The fourth-order valence-corrected chi connectivity index (χ4v) is 3.39. The fraction of sp³-hybridized carbons (Fsp3) is 0.667. The van der Waals surface area contributed by atoms with Gasteiger partial charge in [-0.1, -0.05) is 18.2 Å². The van der Waals surface area contributed by atoms with Crippen LogP contribution in [0, 0.1) is 12.8 Å². The van der Waals surface area contributed by atoms with E-state index in [4.69, 9.17) is 9.47 Å². The van der Waals surface area contributed by atoms with Crippen LogP contribution in [0.2, 0.25) is 0 Å². The van der Waals surface area contributed by atoms with Gasteiger partial charge in [-0.2, -0.15) is 0 Å². The average molecular weight is 305 g/mol. The lowest BCUT2D eigenvalue weighted by Gasteiger charge is -2.39. The predicted molar refractivity (Wildman–Crippen MR) is 86.2 cm³/mol. The van der Waals surface area contributed by atoms with Crippen LogP contribution in [0.3, 0.4) is 0 Å². The number of aliphatic hydroxyl groups is 1. The maximum Gasteiger partial charge on any atom is 0.122 e. The highest BCUT2D eigenvalue weighted by Gasteiger charge is 2.45. The number of para-hydroxylation sites is 1. The first-order valence-corrected chi connectivity index (χ1v) is 8.39. The number of ether oxygens (including phenoxy) is 2. The predicted octanol–water partition coefficient (Wildman–Crippen LogP) is 2.28. The molecule has 4 heteroatoms. The standard InChI is InChI=1S/C18H27NO3/c1-14-4-2-3-5-17(14)22-13-16(20)12-19-18(15-6-7-15)8-10-21-11-9-18/h2-5,15-16,19-20H,6-13H2,1H3. The number of β-amino-alcohol motifs (C(OH)–C–C–N with tert-alkyl or cyclic N) is 1. The zero-order chi connectivity index (χ0) is 15.4. The van der Waals surface area contributed by atoms with Gasteiger partial charge in [-0.3, -0.25) is 0 Å². The van der Waals surface area contributed by atoms with Crippen molar-refractivity contribution in [3.05, 3.63) is 29.8 Å². The van der Waals surface area contributed by atoms with Crippen LogP contribution in [-0.4, -0.2) is 43.1 Å². The van der Waals surface area contributed by atoms with Gasteiger partial charge in [0.1, 0.15) is 18.5 Å². The van der Waals surface area contributed by atoms with Crippen LogP contribution in [0.1, 0.15) is 31.2 Å². The molecule has 0 radical (unpaired) electrons. The number of aliphatic hydroxyl groups excluding tert-OH is 1. The zero-order valence-corrected chi connectivity index (χ0v) is 13.4.